The average Bonchev–Trinajstić information content (AvgIpc) is 2.38. The number of hydrogen-bond donors (Lipinski definition) is 2. The van der Waals surface area contributed by atoms with Crippen LogP contribution in [0.2, 0.25) is 0 Å². The molecule has 0 aliphatic carbocycles. The molecule has 1 atom stereocenters. The Kier molecular flexibility index (Phi) is 5.60. The first-order valence-corrected chi connectivity index (χ1v) is 8.57. The maximum Gasteiger partial charge on any atom is 0.312 e. The fourth-order valence-corrected chi connectivity index (χ4v) is 3.13. The van der Waals surface area contributed by atoms with Gasteiger partial charge in [-0.05, 0) is 12.1 Å². The summed E-state index contributed by atoms with van der Waals surface area (Å²) in [5.41, 5.74) is -0.690. The van der Waals surface area contributed by atoms with Gasteiger partial charge in [0.25, 0.3) is 0 Å². The van der Waals surface area contributed by atoms with Gasteiger partial charge in [-0.15, -0.1) is 0 Å². The van der Waals surface area contributed by atoms with Gasteiger partial charge in [-0.1, -0.05) is 6.92 Å². The summed E-state index contributed by atoms with van der Waals surface area (Å²) in [4.78, 5) is 9.43. The summed E-state index contributed by atoms with van der Waals surface area (Å²) < 4.78 is 37.1. The molecule has 0 saturated carbocycles. The van der Waals surface area contributed by atoms with Gasteiger partial charge in [-0.25, -0.2) is 13.1 Å². The lowest BCUT2D eigenvalue weighted by molar-refractivity contribution is -0.386. The fraction of sp³-hybridized carbons (Fsp3) is 0.400. The van der Waals surface area contributed by atoms with Crippen LogP contribution in [-0.2, 0) is 20.8 Å². The van der Waals surface area contributed by atoms with Gasteiger partial charge in [-0.2, -0.15) is 0 Å². The second-order valence-corrected chi connectivity index (χ2v) is 7.37. The quantitative estimate of drug-likeness (QED) is 0.551. The van der Waals surface area contributed by atoms with Crippen LogP contribution < -0.4 is 4.72 Å². The Morgan fingerprint density at radius 1 is 1.45 bits per heavy atom. The van der Waals surface area contributed by atoms with E-state index in [0.29, 0.717) is 5.75 Å². The first-order chi connectivity index (χ1) is 9.27. The van der Waals surface area contributed by atoms with Crippen molar-refractivity contribution in [1.82, 2.24) is 4.72 Å². The Morgan fingerprint density at radius 3 is 2.65 bits per heavy atom. The molecule has 0 saturated heterocycles. The molecule has 2 N–H and O–H groups in total. The van der Waals surface area contributed by atoms with Crippen LogP contribution in [0.5, 0.6) is 5.75 Å². The molecule has 0 amide bonds. The number of rotatable bonds is 7. The molecule has 0 heterocycles. The van der Waals surface area contributed by atoms with Crippen LogP contribution in [0.15, 0.2) is 23.1 Å². The minimum Gasteiger partial charge on any atom is -0.502 e. The standard InChI is InChI=1S/C10H14N2O6S2/c1-2-19(16)6-5-11-20(17,18)8-3-4-10(13)9(7-8)12(14)15/h3-4,7,11,13H,2,5-6H2,1H3. The molecule has 1 rings (SSSR count). The van der Waals surface area contributed by atoms with E-state index >= 15 is 0 Å². The van der Waals surface area contributed by atoms with Crippen molar-refractivity contribution < 1.29 is 22.7 Å². The highest BCUT2D eigenvalue weighted by Gasteiger charge is 2.20. The minimum absolute atomic E-state index is 0.0303. The molecule has 0 bridgehead atoms. The molecule has 0 aliphatic rings. The van der Waals surface area contributed by atoms with Crippen LogP contribution in [0.3, 0.4) is 0 Å². The molecule has 8 nitrogen and oxygen atoms in total. The first kappa shape index (κ1) is 16.5. The highest BCUT2D eigenvalue weighted by atomic mass is 32.2. The number of phenolic OH excluding ortho intramolecular Hbond substituents is 1. The predicted molar refractivity (Wildman–Crippen MR) is 73.5 cm³/mol. The fourth-order valence-electron chi connectivity index (χ4n) is 1.33. The topological polar surface area (TPSA) is 127 Å². The van der Waals surface area contributed by atoms with E-state index in [9.17, 15) is 27.8 Å². The summed E-state index contributed by atoms with van der Waals surface area (Å²) in [5, 5.41) is 19.9. The SMILES string of the molecule is CCS(=O)CCNS(=O)(=O)c1ccc(O)c([N+](=O)[O-])c1. The Balaban J connectivity index is 2.90. The van der Waals surface area contributed by atoms with Gasteiger partial charge >= 0.3 is 5.69 Å². The zero-order valence-corrected chi connectivity index (χ0v) is 12.2. The van der Waals surface area contributed by atoms with Crippen molar-refractivity contribution in [2.24, 2.45) is 0 Å². The van der Waals surface area contributed by atoms with Gasteiger partial charge in [0.15, 0.2) is 5.75 Å². The number of phenols is 1. The van der Waals surface area contributed by atoms with Crippen molar-refractivity contribution in [2.45, 2.75) is 11.8 Å². The summed E-state index contributed by atoms with van der Waals surface area (Å²) >= 11 is 0. The van der Waals surface area contributed by atoms with Crippen LogP contribution >= 0.6 is 0 Å². The smallest absolute Gasteiger partial charge is 0.312 e. The van der Waals surface area contributed by atoms with Crippen LogP contribution in [0.1, 0.15) is 6.92 Å². The Bertz CT molecular complexity index is 629. The Hall–Kier alpha value is -1.52. The molecule has 0 radical (unpaired) electrons. The predicted octanol–water partition coefficient (Wildman–Crippen LogP) is 0.347. The van der Waals surface area contributed by atoms with E-state index < -0.39 is 37.2 Å². The number of nitro benzene ring substituents is 1. The van der Waals surface area contributed by atoms with Crippen LogP contribution in [0.4, 0.5) is 5.69 Å². The van der Waals surface area contributed by atoms with Gasteiger partial charge in [0, 0.05) is 34.9 Å². The normalized spacial score (nSPS) is 13.1. The molecule has 20 heavy (non-hydrogen) atoms. The van der Waals surface area contributed by atoms with Gasteiger partial charge in [-0.3, -0.25) is 14.3 Å². The molecular formula is C10H14N2O6S2. The minimum atomic E-state index is -3.94. The number of benzene rings is 1. The van der Waals surface area contributed by atoms with Crippen molar-refractivity contribution in [1.29, 1.82) is 0 Å². The van der Waals surface area contributed by atoms with Crippen molar-refractivity contribution in [2.75, 3.05) is 18.1 Å². The van der Waals surface area contributed by atoms with Crippen LogP contribution in [-0.4, -0.2) is 40.7 Å². The third kappa shape index (κ3) is 4.25. The molecule has 112 valence electrons. The first-order valence-electron chi connectivity index (χ1n) is 5.60. The number of nitrogens with one attached hydrogen (secondary N) is 1. The van der Waals surface area contributed by atoms with E-state index in [4.69, 9.17) is 0 Å². The number of nitro groups is 1. The molecule has 0 aliphatic heterocycles. The van der Waals surface area contributed by atoms with Crippen LogP contribution in [0, 0.1) is 10.1 Å². The van der Waals surface area contributed by atoms with E-state index in [1.54, 1.807) is 6.92 Å². The second kappa shape index (κ2) is 6.77. The van der Waals surface area contributed by atoms with Gasteiger partial charge in [0.2, 0.25) is 10.0 Å². The molecule has 1 aromatic rings. The third-order valence-corrected chi connectivity index (χ3v) is 5.16. The Labute approximate surface area is 118 Å². The lowest BCUT2D eigenvalue weighted by atomic mass is 10.3. The summed E-state index contributed by atoms with van der Waals surface area (Å²) in [6.07, 6.45) is 0. The zero-order valence-electron chi connectivity index (χ0n) is 10.6. The maximum atomic E-state index is 11.9. The highest BCUT2D eigenvalue weighted by molar-refractivity contribution is 7.89. The molecule has 1 unspecified atom stereocenters. The third-order valence-electron chi connectivity index (χ3n) is 2.40. The summed E-state index contributed by atoms with van der Waals surface area (Å²) in [6, 6.07) is 2.77. The summed E-state index contributed by atoms with van der Waals surface area (Å²) in [5.74, 6) is -0.0245. The van der Waals surface area contributed by atoms with Gasteiger partial charge in [0.05, 0.1) is 9.82 Å². The molecule has 0 aromatic heterocycles. The molecule has 1 aromatic carbocycles. The van der Waals surface area contributed by atoms with E-state index in [-0.39, 0.29) is 17.2 Å². The number of nitrogens with zero attached hydrogens (tertiary/aromatic N) is 1. The molecule has 0 fully saturated rings. The summed E-state index contributed by atoms with van der Waals surface area (Å²) in [6.45, 7) is 1.69. The average molecular weight is 322 g/mol. The van der Waals surface area contributed by atoms with E-state index in [2.05, 4.69) is 4.72 Å². The lowest BCUT2D eigenvalue weighted by Crippen LogP contribution is -2.28. The molecule has 0 spiro atoms. The van der Waals surface area contributed by atoms with Crippen LogP contribution in [0.25, 0.3) is 0 Å². The molecule has 10 heteroatoms. The van der Waals surface area contributed by atoms with E-state index in [0.717, 1.165) is 18.2 Å². The largest absolute Gasteiger partial charge is 0.502 e. The molecular weight excluding hydrogens is 308 g/mol. The van der Waals surface area contributed by atoms with Crippen molar-refractivity contribution in [3.63, 3.8) is 0 Å². The van der Waals surface area contributed by atoms with Crippen molar-refractivity contribution >= 4 is 26.5 Å². The summed E-state index contributed by atoms with van der Waals surface area (Å²) in [7, 11) is -5.05. The monoisotopic (exact) mass is 322 g/mol. The number of sulfonamides is 1. The number of aromatic hydroxyl groups is 1. The van der Waals surface area contributed by atoms with Gasteiger partial charge < -0.3 is 5.11 Å². The lowest BCUT2D eigenvalue weighted by Gasteiger charge is -2.06. The number of hydrogen-bond acceptors (Lipinski definition) is 6. The van der Waals surface area contributed by atoms with Crippen molar-refractivity contribution in [3.8, 4) is 5.75 Å². The Morgan fingerprint density at radius 2 is 2.10 bits per heavy atom. The maximum absolute atomic E-state index is 11.9. The van der Waals surface area contributed by atoms with Crippen molar-refractivity contribution in [3.05, 3.63) is 28.3 Å². The van der Waals surface area contributed by atoms with E-state index in [1.807, 2.05) is 0 Å². The zero-order chi connectivity index (χ0) is 15.3. The second-order valence-electron chi connectivity index (χ2n) is 3.74. The van der Waals surface area contributed by atoms with Gasteiger partial charge in [0.1, 0.15) is 0 Å². The highest BCUT2D eigenvalue weighted by Crippen LogP contribution is 2.27. The van der Waals surface area contributed by atoms with E-state index in [1.165, 1.54) is 0 Å².